The number of nitrogens with one attached hydrogen (secondary N) is 1. The highest BCUT2D eigenvalue weighted by Crippen LogP contribution is 2.39. The Hall–Kier alpha value is -4.93. The first-order valence-corrected chi connectivity index (χ1v) is 12.4. The van der Waals surface area contributed by atoms with Crippen LogP contribution in [0.15, 0.2) is 83.7 Å². The van der Waals surface area contributed by atoms with Crippen molar-refractivity contribution in [2.75, 3.05) is 11.9 Å². The predicted octanol–water partition coefficient (Wildman–Crippen LogP) is 4.94. The number of amides is 2. The number of nitrogens with zero attached hydrogens (tertiary/aromatic N) is 4. The number of hydrogen-bond donors (Lipinski definition) is 1. The maximum atomic E-state index is 13.8. The molecule has 0 spiro atoms. The summed E-state index contributed by atoms with van der Waals surface area (Å²) in [6.45, 7) is 0. The van der Waals surface area contributed by atoms with Crippen LogP contribution in [0.1, 0.15) is 33.1 Å². The summed E-state index contributed by atoms with van der Waals surface area (Å²) in [7, 11) is 1.56. The van der Waals surface area contributed by atoms with Gasteiger partial charge < -0.3 is 19.2 Å². The van der Waals surface area contributed by atoms with E-state index in [0.717, 1.165) is 11.6 Å². The Kier molecular flexibility index (Phi) is 6.13. The van der Waals surface area contributed by atoms with E-state index >= 15 is 0 Å². The molecule has 8 nitrogen and oxygen atoms in total. The van der Waals surface area contributed by atoms with Gasteiger partial charge in [0.2, 0.25) is 5.91 Å². The van der Waals surface area contributed by atoms with Crippen LogP contribution in [0.3, 0.4) is 0 Å². The molecule has 2 aromatic carbocycles. The molecule has 0 saturated heterocycles. The largest absolute Gasteiger partial charge is 0.437 e. The van der Waals surface area contributed by atoms with E-state index in [4.69, 9.17) is 4.42 Å². The van der Waals surface area contributed by atoms with Gasteiger partial charge in [-0.25, -0.2) is 9.97 Å². The highest BCUT2D eigenvalue weighted by molar-refractivity contribution is 6.09. The lowest BCUT2D eigenvalue weighted by Crippen LogP contribution is -2.48. The molecular formula is C29H22F3N5O3. The van der Waals surface area contributed by atoms with Crippen molar-refractivity contribution in [2.45, 2.75) is 25.1 Å². The summed E-state index contributed by atoms with van der Waals surface area (Å²) in [5.74, 6) is -1.02. The minimum atomic E-state index is -4.62. The first kappa shape index (κ1) is 25.4. The molecule has 2 amide bonds. The zero-order chi connectivity index (χ0) is 28.0. The summed E-state index contributed by atoms with van der Waals surface area (Å²) in [5, 5.41) is 3.31. The third kappa shape index (κ3) is 4.49. The zero-order valence-electron chi connectivity index (χ0n) is 21.1. The van der Waals surface area contributed by atoms with Gasteiger partial charge in [0, 0.05) is 37.7 Å². The van der Waals surface area contributed by atoms with Crippen molar-refractivity contribution in [3.8, 4) is 5.82 Å². The van der Waals surface area contributed by atoms with E-state index in [1.165, 1.54) is 27.9 Å². The van der Waals surface area contributed by atoms with Crippen LogP contribution in [0.5, 0.6) is 0 Å². The van der Waals surface area contributed by atoms with Crippen molar-refractivity contribution in [2.24, 2.45) is 0 Å². The van der Waals surface area contributed by atoms with Crippen LogP contribution in [-0.4, -0.2) is 39.4 Å². The van der Waals surface area contributed by atoms with Gasteiger partial charge in [-0.2, -0.15) is 13.2 Å². The van der Waals surface area contributed by atoms with Crippen LogP contribution in [0.25, 0.3) is 16.7 Å². The standard InChI is InChI=1S/C29H22F3N5O3/c1-36-22-10-5-11-23-24(22)18(16-37(23)25-20(29(30,31)32)9-6-12-33-25)14-21(28(36)39)35-26(38)27-34-15-19(40-27)13-17-7-3-2-4-8-17/h2-12,15-16,21H,13-14H2,1H3,(H,35,38). The Balaban J connectivity index is 1.33. The molecule has 0 fully saturated rings. The Morgan fingerprint density at radius 1 is 1.07 bits per heavy atom. The summed E-state index contributed by atoms with van der Waals surface area (Å²) < 4.78 is 48.5. The van der Waals surface area contributed by atoms with Crippen LogP contribution in [-0.2, 0) is 23.8 Å². The first-order valence-electron chi connectivity index (χ1n) is 12.4. The average molecular weight is 546 g/mol. The Morgan fingerprint density at radius 3 is 2.65 bits per heavy atom. The predicted molar refractivity (Wildman–Crippen MR) is 140 cm³/mol. The molecule has 1 atom stereocenters. The number of carbonyl (C=O) groups excluding carboxylic acids is 2. The Morgan fingerprint density at radius 2 is 1.88 bits per heavy atom. The maximum absolute atomic E-state index is 13.8. The maximum Gasteiger partial charge on any atom is 0.419 e. The second-order valence-corrected chi connectivity index (χ2v) is 9.49. The van der Waals surface area contributed by atoms with Gasteiger partial charge in [0.05, 0.1) is 23.0 Å². The first-order chi connectivity index (χ1) is 19.2. The molecule has 1 aliphatic heterocycles. The monoisotopic (exact) mass is 545 g/mol. The lowest BCUT2D eigenvalue weighted by atomic mass is 10.1. The summed E-state index contributed by atoms with van der Waals surface area (Å²) in [6, 6.07) is 15.8. The number of rotatable bonds is 5. The molecule has 202 valence electrons. The summed E-state index contributed by atoms with van der Waals surface area (Å²) in [5.41, 5.74) is 1.66. The fourth-order valence-corrected chi connectivity index (χ4v) is 5.05. The number of alkyl halides is 3. The number of pyridine rings is 1. The minimum absolute atomic E-state index is 0.0428. The zero-order valence-corrected chi connectivity index (χ0v) is 21.1. The highest BCUT2D eigenvalue weighted by Gasteiger charge is 2.37. The third-order valence-corrected chi connectivity index (χ3v) is 6.89. The highest BCUT2D eigenvalue weighted by atomic mass is 19.4. The van der Waals surface area contributed by atoms with Crippen molar-refractivity contribution in [1.29, 1.82) is 0 Å². The summed E-state index contributed by atoms with van der Waals surface area (Å²) in [6.07, 6.45) is 0.177. The second kappa shape index (κ2) is 9.67. The van der Waals surface area contributed by atoms with Crippen molar-refractivity contribution in [1.82, 2.24) is 19.9 Å². The molecule has 6 rings (SSSR count). The topological polar surface area (TPSA) is 93.3 Å². The van der Waals surface area contributed by atoms with Gasteiger partial charge in [-0.15, -0.1) is 0 Å². The Bertz CT molecular complexity index is 1740. The summed E-state index contributed by atoms with van der Waals surface area (Å²) in [4.78, 5) is 36.0. The molecule has 3 aromatic heterocycles. The molecule has 0 bridgehead atoms. The van der Waals surface area contributed by atoms with E-state index in [1.807, 2.05) is 30.3 Å². The molecule has 0 radical (unpaired) electrons. The van der Waals surface area contributed by atoms with Gasteiger partial charge in [0.15, 0.2) is 0 Å². The average Bonchev–Trinajstić information content (AvgIpc) is 3.54. The number of carbonyl (C=O) groups is 2. The fraction of sp³-hybridized carbons (Fsp3) is 0.172. The number of oxazole rings is 1. The van der Waals surface area contributed by atoms with Crippen molar-refractivity contribution >= 4 is 28.4 Å². The molecule has 11 heteroatoms. The molecule has 0 aliphatic carbocycles. The number of benzene rings is 2. The summed E-state index contributed by atoms with van der Waals surface area (Å²) >= 11 is 0. The fourth-order valence-electron chi connectivity index (χ4n) is 5.05. The lowest BCUT2D eigenvalue weighted by Gasteiger charge is -2.22. The molecule has 0 saturated carbocycles. The van der Waals surface area contributed by atoms with E-state index in [0.29, 0.717) is 34.3 Å². The number of aromatic nitrogens is 3. The van der Waals surface area contributed by atoms with Crippen molar-refractivity contribution in [3.63, 3.8) is 0 Å². The molecular weight excluding hydrogens is 523 g/mol. The molecule has 1 unspecified atom stereocenters. The van der Waals surface area contributed by atoms with E-state index in [1.54, 1.807) is 31.4 Å². The molecule has 1 aliphatic rings. The lowest BCUT2D eigenvalue weighted by molar-refractivity contribution is -0.137. The van der Waals surface area contributed by atoms with E-state index in [-0.39, 0.29) is 24.0 Å². The molecule has 5 aromatic rings. The van der Waals surface area contributed by atoms with Crippen LogP contribution >= 0.6 is 0 Å². The number of anilines is 1. The van der Waals surface area contributed by atoms with Gasteiger partial charge in [0.25, 0.3) is 5.89 Å². The SMILES string of the molecule is CN1C(=O)C(NC(=O)c2ncc(Cc3ccccc3)o2)Cc2cn(-c3ncccc3C(F)(F)F)c3cccc1c23. The van der Waals surface area contributed by atoms with E-state index in [9.17, 15) is 22.8 Å². The van der Waals surface area contributed by atoms with E-state index in [2.05, 4.69) is 15.3 Å². The smallest absolute Gasteiger partial charge is 0.419 e. The van der Waals surface area contributed by atoms with Gasteiger partial charge in [-0.3, -0.25) is 9.59 Å². The number of likely N-dealkylation sites (N-methyl/N-ethyl adjacent to an activating group) is 1. The van der Waals surface area contributed by atoms with Gasteiger partial charge in [-0.05, 0) is 35.4 Å². The Labute approximate surface area is 226 Å². The molecule has 4 heterocycles. The number of halogens is 3. The molecule has 40 heavy (non-hydrogen) atoms. The quantitative estimate of drug-likeness (QED) is 0.338. The van der Waals surface area contributed by atoms with Crippen molar-refractivity contribution in [3.05, 3.63) is 108 Å². The van der Waals surface area contributed by atoms with Gasteiger partial charge in [-0.1, -0.05) is 36.4 Å². The van der Waals surface area contributed by atoms with Gasteiger partial charge in [0.1, 0.15) is 17.6 Å². The van der Waals surface area contributed by atoms with Crippen LogP contribution in [0.2, 0.25) is 0 Å². The number of hydrogen-bond acceptors (Lipinski definition) is 5. The van der Waals surface area contributed by atoms with Crippen LogP contribution in [0, 0.1) is 0 Å². The van der Waals surface area contributed by atoms with Crippen molar-refractivity contribution < 1.29 is 27.2 Å². The third-order valence-electron chi connectivity index (χ3n) is 6.89. The van der Waals surface area contributed by atoms with Gasteiger partial charge >= 0.3 is 12.1 Å². The van der Waals surface area contributed by atoms with Crippen LogP contribution < -0.4 is 10.2 Å². The molecule has 1 N–H and O–H groups in total. The van der Waals surface area contributed by atoms with Crippen LogP contribution in [0.4, 0.5) is 18.9 Å². The normalized spacial score (nSPS) is 15.3. The minimum Gasteiger partial charge on any atom is -0.437 e. The van der Waals surface area contributed by atoms with E-state index < -0.39 is 23.7 Å². The second-order valence-electron chi connectivity index (χ2n) is 9.49.